The zero-order chi connectivity index (χ0) is 13.8. The largest absolute Gasteiger partial charge is 0.373 e. The van der Waals surface area contributed by atoms with Gasteiger partial charge in [0.05, 0.1) is 5.02 Å². The molecule has 0 saturated carbocycles. The summed E-state index contributed by atoms with van der Waals surface area (Å²) in [5, 5.41) is 5.77. The van der Waals surface area contributed by atoms with E-state index in [-0.39, 0.29) is 10.7 Å². The van der Waals surface area contributed by atoms with Gasteiger partial charge in [0.2, 0.25) is 0 Å². The van der Waals surface area contributed by atoms with Gasteiger partial charge in [-0.3, -0.25) is 4.79 Å². The Hall–Kier alpha value is -1.66. The molecule has 0 aliphatic carbocycles. The van der Waals surface area contributed by atoms with Crippen LogP contribution in [0, 0.1) is 0 Å². The van der Waals surface area contributed by atoms with Gasteiger partial charge in [-0.2, -0.15) is 0 Å². The Labute approximate surface area is 123 Å². The normalized spacial score (nSPS) is 10.1. The van der Waals surface area contributed by atoms with Gasteiger partial charge in [-0.1, -0.05) is 11.6 Å². The fourth-order valence-corrected chi connectivity index (χ4v) is 1.79. The van der Waals surface area contributed by atoms with Crippen molar-refractivity contribution in [3.63, 3.8) is 0 Å². The van der Waals surface area contributed by atoms with Crippen LogP contribution in [-0.4, -0.2) is 22.9 Å². The maximum atomic E-state index is 12.1. The molecule has 98 valence electrons. The summed E-state index contributed by atoms with van der Waals surface area (Å²) in [4.78, 5) is 20.2. The van der Waals surface area contributed by atoms with Gasteiger partial charge in [0.15, 0.2) is 0 Å². The zero-order valence-corrected chi connectivity index (χ0v) is 12.3. The number of anilines is 2. The van der Waals surface area contributed by atoms with Crippen LogP contribution in [0.3, 0.4) is 0 Å². The third kappa shape index (κ3) is 3.42. The van der Waals surface area contributed by atoms with Gasteiger partial charge in [-0.15, -0.1) is 0 Å². The van der Waals surface area contributed by atoms with Gasteiger partial charge in [0, 0.05) is 17.7 Å². The molecule has 2 aromatic rings. The third-order valence-electron chi connectivity index (χ3n) is 2.29. The second kappa shape index (κ2) is 5.99. The SMILES string of the molecule is CNc1ccc(Cl)c(C(=O)Nc2ccc(Br)cn2)n1. The van der Waals surface area contributed by atoms with E-state index in [1.54, 1.807) is 37.5 Å². The Kier molecular flexibility index (Phi) is 4.34. The summed E-state index contributed by atoms with van der Waals surface area (Å²) in [6, 6.07) is 6.76. The average molecular weight is 342 g/mol. The number of nitrogens with one attached hydrogen (secondary N) is 2. The van der Waals surface area contributed by atoms with E-state index in [0.717, 1.165) is 4.47 Å². The second-order valence-electron chi connectivity index (χ2n) is 3.59. The van der Waals surface area contributed by atoms with Crippen molar-refractivity contribution in [3.8, 4) is 0 Å². The van der Waals surface area contributed by atoms with Crippen molar-refractivity contribution < 1.29 is 4.79 Å². The number of rotatable bonds is 3. The van der Waals surface area contributed by atoms with E-state index in [0.29, 0.717) is 11.6 Å². The molecule has 1 amide bonds. The molecule has 2 aromatic heterocycles. The standard InChI is InChI=1S/C12H10BrClN4O/c1-15-9-5-3-8(14)11(17-9)12(19)18-10-4-2-7(13)6-16-10/h2-6H,1H3,(H,15,17)(H,16,18,19). The van der Waals surface area contributed by atoms with Gasteiger partial charge in [0.25, 0.3) is 5.91 Å². The molecule has 0 aliphatic rings. The number of carbonyl (C=O) groups is 1. The fourth-order valence-electron chi connectivity index (χ4n) is 1.37. The van der Waals surface area contributed by atoms with Gasteiger partial charge in [-0.25, -0.2) is 9.97 Å². The van der Waals surface area contributed by atoms with E-state index < -0.39 is 5.91 Å². The van der Waals surface area contributed by atoms with Crippen molar-refractivity contribution in [3.05, 3.63) is 45.7 Å². The van der Waals surface area contributed by atoms with E-state index in [1.165, 1.54) is 0 Å². The minimum Gasteiger partial charge on any atom is -0.373 e. The molecule has 0 aromatic carbocycles. The predicted molar refractivity (Wildman–Crippen MR) is 78.7 cm³/mol. The first-order chi connectivity index (χ1) is 9.10. The fraction of sp³-hybridized carbons (Fsp3) is 0.0833. The molecule has 5 nitrogen and oxygen atoms in total. The van der Waals surface area contributed by atoms with Crippen LogP contribution in [0.15, 0.2) is 34.9 Å². The summed E-state index contributed by atoms with van der Waals surface area (Å²) in [7, 11) is 1.72. The number of carbonyl (C=O) groups excluding carboxylic acids is 1. The number of hydrogen-bond acceptors (Lipinski definition) is 4. The van der Waals surface area contributed by atoms with Gasteiger partial charge in [0.1, 0.15) is 17.3 Å². The minimum atomic E-state index is -0.406. The highest BCUT2D eigenvalue weighted by atomic mass is 79.9. The van der Waals surface area contributed by atoms with E-state index in [2.05, 4.69) is 36.5 Å². The number of nitrogens with zero attached hydrogens (tertiary/aromatic N) is 2. The number of aromatic nitrogens is 2. The lowest BCUT2D eigenvalue weighted by Crippen LogP contribution is -2.15. The summed E-state index contributed by atoms with van der Waals surface area (Å²) >= 11 is 9.23. The van der Waals surface area contributed by atoms with Crippen LogP contribution in [0.25, 0.3) is 0 Å². The Balaban J connectivity index is 2.22. The second-order valence-corrected chi connectivity index (χ2v) is 4.92. The molecule has 0 bridgehead atoms. The molecule has 0 radical (unpaired) electrons. The van der Waals surface area contributed by atoms with Gasteiger partial charge in [-0.05, 0) is 40.2 Å². The molecular formula is C12H10BrClN4O. The lowest BCUT2D eigenvalue weighted by Gasteiger charge is -2.07. The highest BCUT2D eigenvalue weighted by molar-refractivity contribution is 9.10. The number of halogens is 2. The summed E-state index contributed by atoms with van der Waals surface area (Å²) in [6.45, 7) is 0. The Morgan fingerprint density at radius 3 is 2.63 bits per heavy atom. The van der Waals surface area contributed by atoms with Crippen molar-refractivity contribution in [2.45, 2.75) is 0 Å². The quantitative estimate of drug-likeness (QED) is 0.900. The minimum absolute atomic E-state index is 0.151. The summed E-state index contributed by atoms with van der Waals surface area (Å²) < 4.78 is 0.832. The molecule has 2 N–H and O–H groups in total. The van der Waals surface area contributed by atoms with Crippen LogP contribution in [-0.2, 0) is 0 Å². The number of amides is 1. The zero-order valence-electron chi connectivity index (χ0n) is 9.95. The van der Waals surface area contributed by atoms with Crippen molar-refractivity contribution in [2.24, 2.45) is 0 Å². The van der Waals surface area contributed by atoms with Gasteiger partial charge < -0.3 is 10.6 Å². The van der Waals surface area contributed by atoms with Crippen molar-refractivity contribution in [2.75, 3.05) is 17.7 Å². The first-order valence-corrected chi connectivity index (χ1v) is 6.54. The van der Waals surface area contributed by atoms with Crippen LogP contribution in [0.4, 0.5) is 11.6 Å². The van der Waals surface area contributed by atoms with Crippen LogP contribution >= 0.6 is 27.5 Å². The molecule has 7 heteroatoms. The van der Waals surface area contributed by atoms with Crippen LogP contribution in [0.1, 0.15) is 10.5 Å². The molecule has 0 aliphatic heterocycles. The van der Waals surface area contributed by atoms with E-state index in [9.17, 15) is 4.79 Å². The summed E-state index contributed by atoms with van der Waals surface area (Å²) in [6.07, 6.45) is 1.59. The Morgan fingerprint density at radius 2 is 2.00 bits per heavy atom. The Morgan fingerprint density at radius 1 is 1.26 bits per heavy atom. The lowest BCUT2D eigenvalue weighted by molar-refractivity contribution is 0.102. The third-order valence-corrected chi connectivity index (χ3v) is 3.06. The average Bonchev–Trinajstić information content (AvgIpc) is 2.42. The maximum Gasteiger partial charge on any atom is 0.277 e. The molecule has 19 heavy (non-hydrogen) atoms. The molecule has 0 atom stereocenters. The molecule has 2 rings (SSSR count). The molecule has 0 unspecified atom stereocenters. The Bertz CT molecular complexity index is 603. The predicted octanol–water partition coefficient (Wildman–Crippen LogP) is 3.19. The molecule has 0 fully saturated rings. The van der Waals surface area contributed by atoms with Crippen LogP contribution in [0.5, 0.6) is 0 Å². The monoisotopic (exact) mass is 340 g/mol. The first-order valence-electron chi connectivity index (χ1n) is 5.37. The van der Waals surface area contributed by atoms with Crippen LogP contribution < -0.4 is 10.6 Å². The number of hydrogen-bond donors (Lipinski definition) is 2. The first kappa shape index (κ1) is 13.8. The van der Waals surface area contributed by atoms with Crippen molar-refractivity contribution in [1.29, 1.82) is 0 Å². The number of pyridine rings is 2. The van der Waals surface area contributed by atoms with E-state index >= 15 is 0 Å². The highest BCUT2D eigenvalue weighted by Crippen LogP contribution is 2.18. The van der Waals surface area contributed by atoms with Crippen molar-refractivity contribution >= 4 is 45.1 Å². The topological polar surface area (TPSA) is 66.9 Å². The smallest absolute Gasteiger partial charge is 0.277 e. The molecule has 0 spiro atoms. The molecule has 0 saturated heterocycles. The van der Waals surface area contributed by atoms with Crippen LogP contribution in [0.2, 0.25) is 5.02 Å². The molecular weight excluding hydrogens is 332 g/mol. The van der Waals surface area contributed by atoms with Crippen molar-refractivity contribution in [1.82, 2.24) is 9.97 Å². The lowest BCUT2D eigenvalue weighted by atomic mass is 10.3. The maximum absolute atomic E-state index is 12.1. The summed E-state index contributed by atoms with van der Waals surface area (Å²) in [5.74, 6) is 0.594. The molecule has 2 heterocycles. The highest BCUT2D eigenvalue weighted by Gasteiger charge is 2.13. The van der Waals surface area contributed by atoms with Gasteiger partial charge >= 0.3 is 0 Å². The summed E-state index contributed by atoms with van der Waals surface area (Å²) in [5.41, 5.74) is 0.151. The van der Waals surface area contributed by atoms with E-state index in [4.69, 9.17) is 11.6 Å². The van der Waals surface area contributed by atoms with E-state index in [1.807, 2.05) is 0 Å².